The third kappa shape index (κ3) is 4.16. The Balaban J connectivity index is 1.58. The maximum absolute atomic E-state index is 13.0. The zero-order valence-corrected chi connectivity index (χ0v) is 17.2. The molecule has 1 aliphatic rings. The van der Waals surface area contributed by atoms with E-state index in [0.717, 1.165) is 16.7 Å². The van der Waals surface area contributed by atoms with Crippen molar-refractivity contribution >= 4 is 23.3 Å². The van der Waals surface area contributed by atoms with Gasteiger partial charge in [0.2, 0.25) is 5.91 Å². The van der Waals surface area contributed by atoms with Crippen LogP contribution in [0.25, 0.3) is 11.1 Å². The Morgan fingerprint density at radius 1 is 0.968 bits per heavy atom. The molecule has 0 saturated heterocycles. The Bertz CT molecular complexity index is 1200. The normalized spacial score (nSPS) is 12.4. The Labute approximate surface area is 181 Å². The molecule has 0 unspecified atom stereocenters. The summed E-state index contributed by atoms with van der Waals surface area (Å²) in [4.78, 5) is 38.7. The molecule has 0 radical (unpaired) electrons. The van der Waals surface area contributed by atoms with Crippen LogP contribution in [0, 0.1) is 0 Å². The molecular weight excluding hydrogens is 388 g/mol. The molecule has 5 nitrogen and oxygen atoms in total. The lowest BCUT2D eigenvalue weighted by molar-refractivity contribution is -0.114. The highest BCUT2D eigenvalue weighted by Crippen LogP contribution is 2.34. The van der Waals surface area contributed by atoms with E-state index in [2.05, 4.69) is 11.9 Å². The van der Waals surface area contributed by atoms with Crippen molar-refractivity contribution in [1.29, 1.82) is 0 Å². The molecule has 0 saturated carbocycles. The number of benzene rings is 3. The number of rotatable bonds is 6. The minimum Gasteiger partial charge on any atom is -0.330 e. The summed E-state index contributed by atoms with van der Waals surface area (Å²) in [5.41, 5.74) is 5.02. The van der Waals surface area contributed by atoms with E-state index in [0.29, 0.717) is 28.9 Å². The predicted molar refractivity (Wildman–Crippen MR) is 121 cm³/mol. The number of carbonyl (C=O) groups is 3. The quantitative estimate of drug-likeness (QED) is 0.473. The van der Waals surface area contributed by atoms with Gasteiger partial charge in [0.05, 0.1) is 0 Å². The third-order valence-corrected chi connectivity index (χ3v) is 5.28. The summed E-state index contributed by atoms with van der Waals surface area (Å²) in [6.45, 7) is 5.97. The SMILES string of the molecule is C=C(CN1Cc2c(cccc2-c2cccc(NC(C)=O)c2)C1=O)C(=O)c1ccccc1. The maximum Gasteiger partial charge on any atom is 0.254 e. The average Bonchev–Trinajstić information content (AvgIpc) is 3.09. The molecule has 0 spiro atoms. The lowest BCUT2D eigenvalue weighted by Gasteiger charge is -2.17. The number of nitrogens with zero attached hydrogens (tertiary/aromatic N) is 1. The van der Waals surface area contributed by atoms with Crippen molar-refractivity contribution in [3.8, 4) is 11.1 Å². The number of hydrogen-bond acceptors (Lipinski definition) is 3. The van der Waals surface area contributed by atoms with Gasteiger partial charge in [0, 0.05) is 42.4 Å². The zero-order valence-electron chi connectivity index (χ0n) is 17.2. The van der Waals surface area contributed by atoms with Crippen LogP contribution >= 0.6 is 0 Å². The molecule has 0 bridgehead atoms. The van der Waals surface area contributed by atoms with Crippen LogP contribution in [-0.2, 0) is 11.3 Å². The van der Waals surface area contributed by atoms with Crippen molar-refractivity contribution in [2.45, 2.75) is 13.5 Å². The van der Waals surface area contributed by atoms with Gasteiger partial charge in [0.25, 0.3) is 5.91 Å². The van der Waals surface area contributed by atoms with E-state index >= 15 is 0 Å². The minimum absolute atomic E-state index is 0.114. The largest absolute Gasteiger partial charge is 0.330 e. The Hall–Kier alpha value is -3.99. The van der Waals surface area contributed by atoms with Gasteiger partial charge in [0.15, 0.2) is 5.78 Å². The van der Waals surface area contributed by atoms with Crippen LogP contribution in [0.5, 0.6) is 0 Å². The van der Waals surface area contributed by atoms with Gasteiger partial charge in [-0.15, -0.1) is 0 Å². The van der Waals surface area contributed by atoms with Gasteiger partial charge >= 0.3 is 0 Å². The minimum atomic E-state index is -0.160. The molecule has 5 heteroatoms. The number of carbonyl (C=O) groups excluding carboxylic acids is 3. The van der Waals surface area contributed by atoms with E-state index in [-0.39, 0.29) is 24.1 Å². The lowest BCUT2D eigenvalue weighted by Crippen LogP contribution is -2.28. The highest BCUT2D eigenvalue weighted by Gasteiger charge is 2.30. The summed E-state index contributed by atoms with van der Waals surface area (Å²) < 4.78 is 0. The molecule has 3 aromatic rings. The first-order chi connectivity index (χ1) is 14.9. The van der Waals surface area contributed by atoms with Crippen LogP contribution in [0.4, 0.5) is 5.69 Å². The van der Waals surface area contributed by atoms with E-state index in [1.165, 1.54) is 6.92 Å². The van der Waals surface area contributed by atoms with Gasteiger partial charge in [-0.3, -0.25) is 14.4 Å². The molecule has 3 aromatic carbocycles. The second-order valence-electron chi connectivity index (χ2n) is 7.55. The van der Waals surface area contributed by atoms with Crippen molar-refractivity contribution < 1.29 is 14.4 Å². The molecule has 1 aliphatic heterocycles. The topological polar surface area (TPSA) is 66.5 Å². The second kappa shape index (κ2) is 8.40. The molecule has 4 rings (SSSR count). The molecule has 31 heavy (non-hydrogen) atoms. The first kappa shape index (κ1) is 20.3. The Kier molecular flexibility index (Phi) is 5.50. The predicted octanol–water partition coefficient (Wildman–Crippen LogP) is 4.71. The van der Waals surface area contributed by atoms with Crippen LogP contribution in [0.3, 0.4) is 0 Å². The van der Waals surface area contributed by atoms with Crippen molar-refractivity contribution in [1.82, 2.24) is 4.90 Å². The van der Waals surface area contributed by atoms with E-state index in [1.54, 1.807) is 35.2 Å². The van der Waals surface area contributed by atoms with E-state index in [4.69, 9.17) is 0 Å². The lowest BCUT2D eigenvalue weighted by atomic mass is 9.96. The van der Waals surface area contributed by atoms with Crippen molar-refractivity contribution in [2.75, 3.05) is 11.9 Å². The number of nitrogens with one attached hydrogen (secondary N) is 1. The van der Waals surface area contributed by atoms with Crippen LogP contribution in [0.15, 0.2) is 84.9 Å². The molecule has 0 fully saturated rings. The van der Waals surface area contributed by atoms with Crippen molar-refractivity contribution in [3.63, 3.8) is 0 Å². The summed E-state index contributed by atoms with van der Waals surface area (Å²) in [5, 5.41) is 2.79. The van der Waals surface area contributed by atoms with Crippen LogP contribution in [0.2, 0.25) is 0 Å². The molecule has 154 valence electrons. The fourth-order valence-electron chi connectivity index (χ4n) is 3.85. The highest BCUT2D eigenvalue weighted by molar-refractivity contribution is 6.09. The summed E-state index contributed by atoms with van der Waals surface area (Å²) in [5.74, 6) is -0.414. The van der Waals surface area contributed by atoms with Crippen LogP contribution in [0.1, 0.15) is 33.2 Å². The maximum atomic E-state index is 13.0. The van der Waals surface area contributed by atoms with Gasteiger partial charge in [-0.05, 0) is 34.9 Å². The number of Topliss-reactive ketones (excluding diaryl/α,β-unsaturated/α-hetero) is 1. The van der Waals surface area contributed by atoms with Gasteiger partial charge < -0.3 is 10.2 Å². The van der Waals surface area contributed by atoms with Gasteiger partial charge in [-0.25, -0.2) is 0 Å². The average molecular weight is 410 g/mol. The van der Waals surface area contributed by atoms with Crippen LogP contribution in [-0.4, -0.2) is 29.0 Å². The summed E-state index contributed by atoms with van der Waals surface area (Å²) in [6.07, 6.45) is 0. The summed E-state index contributed by atoms with van der Waals surface area (Å²) >= 11 is 0. The highest BCUT2D eigenvalue weighted by atomic mass is 16.2. The standard InChI is InChI=1S/C26H22N2O3/c1-17(25(30)19-8-4-3-5-9-19)15-28-16-24-22(12-7-13-23(24)26(28)31)20-10-6-11-21(14-20)27-18(2)29/h3-14H,1,15-16H2,2H3,(H,27,29). The molecule has 0 atom stereocenters. The van der Waals surface area contributed by atoms with E-state index in [9.17, 15) is 14.4 Å². The molecule has 2 amide bonds. The Morgan fingerprint density at radius 2 is 1.68 bits per heavy atom. The molecular formula is C26H22N2O3. The zero-order chi connectivity index (χ0) is 22.0. The van der Waals surface area contributed by atoms with E-state index < -0.39 is 0 Å². The second-order valence-corrected chi connectivity index (χ2v) is 7.55. The van der Waals surface area contributed by atoms with Crippen LogP contribution < -0.4 is 5.32 Å². The van der Waals surface area contributed by atoms with Crippen molar-refractivity contribution in [2.24, 2.45) is 0 Å². The number of amides is 2. The number of anilines is 1. The first-order valence-corrected chi connectivity index (χ1v) is 10.0. The molecule has 1 heterocycles. The third-order valence-electron chi connectivity index (χ3n) is 5.28. The molecule has 1 N–H and O–H groups in total. The number of hydrogen-bond donors (Lipinski definition) is 1. The molecule has 0 aliphatic carbocycles. The van der Waals surface area contributed by atoms with Gasteiger partial charge in [-0.1, -0.05) is 61.2 Å². The van der Waals surface area contributed by atoms with Crippen molar-refractivity contribution in [3.05, 3.63) is 102 Å². The van der Waals surface area contributed by atoms with Gasteiger partial charge in [-0.2, -0.15) is 0 Å². The van der Waals surface area contributed by atoms with E-state index in [1.807, 2.05) is 42.5 Å². The number of fused-ring (bicyclic) bond motifs is 1. The summed E-state index contributed by atoms with van der Waals surface area (Å²) in [6, 6.07) is 22.1. The fraction of sp³-hybridized carbons (Fsp3) is 0.115. The smallest absolute Gasteiger partial charge is 0.254 e. The Morgan fingerprint density at radius 3 is 2.42 bits per heavy atom. The number of ketones is 1. The first-order valence-electron chi connectivity index (χ1n) is 10.0. The monoisotopic (exact) mass is 410 g/mol. The van der Waals surface area contributed by atoms with Gasteiger partial charge in [0.1, 0.15) is 0 Å². The summed E-state index contributed by atoms with van der Waals surface area (Å²) in [7, 11) is 0. The fourth-order valence-corrected chi connectivity index (χ4v) is 3.85. The molecule has 0 aromatic heterocycles.